The number of rotatable bonds is 10. The average molecular weight is 408 g/mol. The normalized spacial score (nSPS) is 10.6. The first-order valence-corrected chi connectivity index (χ1v) is 10.4. The fourth-order valence-electron chi connectivity index (χ4n) is 2.77. The van der Waals surface area contributed by atoms with Crippen LogP contribution in [0.3, 0.4) is 0 Å². The van der Waals surface area contributed by atoms with Crippen LogP contribution in [0.1, 0.15) is 39.5 Å². The van der Waals surface area contributed by atoms with Crippen molar-refractivity contribution in [3.05, 3.63) is 61.1 Å². The molecule has 1 heterocycles. The number of para-hydroxylation sites is 1. The van der Waals surface area contributed by atoms with Crippen molar-refractivity contribution in [2.45, 2.75) is 39.5 Å². The summed E-state index contributed by atoms with van der Waals surface area (Å²) in [6.45, 7) is 5.54. The van der Waals surface area contributed by atoms with Gasteiger partial charge in [-0.15, -0.1) is 0 Å². The Morgan fingerprint density at radius 2 is 1.53 bits per heavy atom. The minimum Gasteiger partial charge on any atom is -0.493 e. The van der Waals surface area contributed by atoms with Crippen LogP contribution in [-0.2, 0) is 0 Å². The number of benzene rings is 2. The van der Waals surface area contributed by atoms with Crippen LogP contribution in [0.4, 0.5) is 4.79 Å². The summed E-state index contributed by atoms with van der Waals surface area (Å²) < 4.78 is 18.5. The predicted molar refractivity (Wildman–Crippen MR) is 116 cm³/mol. The summed E-state index contributed by atoms with van der Waals surface area (Å²) in [5.74, 6) is 1.94. The number of hydrogen-bond acceptors (Lipinski definition) is 5. The molecule has 1 aromatic heterocycles. The lowest BCUT2D eigenvalue weighted by Gasteiger charge is -2.11. The standard InChI is InChI=1S/C24H28N2O4/c1-3-5-12-28-21-14-19(15-22(16-21)29-13-6-4-2)23-17-26(18-25-23)24(27)30-20-10-8-7-9-11-20/h7-11,14-18H,3-6,12-13H2,1-2H3. The molecular formula is C24H28N2O4. The molecule has 6 heteroatoms. The van der Waals surface area contributed by atoms with E-state index in [1.165, 1.54) is 10.9 Å². The van der Waals surface area contributed by atoms with E-state index in [0.717, 1.165) is 42.7 Å². The molecule has 0 saturated heterocycles. The average Bonchev–Trinajstić information content (AvgIpc) is 3.25. The van der Waals surface area contributed by atoms with Crippen molar-refractivity contribution in [3.8, 4) is 28.5 Å². The van der Waals surface area contributed by atoms with Gasteiger partial charge in [-0.1, -0.05) is 44.9 Å². The monoisotopic (exact) mass is 408 g/mol. The Morgan fingerprint density at radius 3 is 2.13 bits per heavy atom. The van der Waals surface area contributed by atoms with Gasteiger partial charge in [0, 0.05) is 17.8 Å². The summed E-state index contributed by atoms with van der Waals surface area (Å²) in [5.41, 5.74) is 1.46. The first kappa shape index (κ1) is 21.4. The van der Waals surface area contributed by atoms with Crippen molar-refractivity contribution in [2.75, 3.05) is 13.2 Å². The van der Waals surface area contributed by atoms with Crippen LogP contribution < -0.4 is 14.2 Å². The van der Waals surface area contributed by atoms with Crippen molar-refractivity contribution in [1.29, 1.82) is 0 Å². The zero-order valence-corrected chi connectivity index (χ0v) is 17.5. The van der Waals surface area contributed by atoms with Gasteiger partial charge in [-0.05, 0) is 37.1 Å². The Bertz CT molecular complexity index is 909. The van der Waals surface area contributed by atoms with E-state index in [1.807, 2.05) is 36.4 Å². The van der Waals surface area contributed by atoms with E-state index >= 15 is 0 Å². The van der Waals surface area contributed by atoms with E-state index in [9.17, 15) is 4.79 Å². The third-order valence-corrected chi connectivity index (χ3v) is 4.45. The zero-order valence-electron chi connectivity index (χ0n) is 17.5. The molecule has 0 spiro atoms. The van der Waals surface area contributed by atoms with Gasteiger partial charge in [-0.25, -0.2) is 14.3 Å². The van der Waals surface area contributed by atoms with Crippen molar-refractivity contribution < 1.29 is 19.0 Å². The second-order valence-corrected chi connectivity index (χ2v) is 6.94. The second kappa shape index (κ2) is 11.0. The Balaban J connectivity index is 1.78. The summed E-state index contributed by atoms with van der Waals surface area (Å²) in [7, 11) is 0. The quantitative estimate of drug-likeness (QED) is 0.388. The van der Waals surface area contributed by atoms with Crippen LogP contribution >= 0.6 is 0 Å². The highest BCUT2D eigenvalue weighted by Crippen LogP contribution is 2.29. The lowest BCUT2D eigenvalue weighted by Crippen LogP contribution is -2.14. The molecular weight excluding hydrogens is 380 g/mol. The van der Waals surface area contributed by atoms with Crippen LogP contribution in [0.15, 0.2) is 61.1 Å². The highest BCUT2D eigenvalue weighted by Gasteiger charge is 2.12. The molecule has 30 heavy (non-hydrogen) atoms. The highest BCUT2D eigenvalue weighted by atomic mass is 16.6. The van der Waals surface area contributed by atoms with E-state index in [2.05, 4.69) is 18.8 Å². The first-order valence-electron chi connectivity index (χ1n) is 10.4. The summed E-state index contributed by atoms with van der Waals surface area (Å²) in [4.78, 5) is 16.8. The van der Waals surface area contributed by atoms with Crippen molar-refractivity contribution >= 4 is 6.09 Å². The van der Waals surface area contributed by atoms with Crippen molar-refractivity contribution in [3.63, 3.8) is 0 Å². The third kappa shape index (κ3) is 6.11. The van der Waals surface area contributed by atoms with E-state index in [0.29, 0.717) is 24.7 Å². The van der Waals surface area contributed by atoms with Crippen LogP contribution in [-0.4, -0.2) is 28.9 Å². The number of carbonyl (C=O) groups excluding carboxylic acids is 1. The van der Waals surface area contributed by atoms with Gasteiger partial charge in [0.15, 0.2) is 0 Å². The van der Waals surface area contributed by atoms with Gasteiger partial charge in [-0.2, -0.15) is 0 Å². The number of aromatic nitrogens is 2. The number of unbranched alkanes of at least 4 members (excludes halogenated alkanes) is 2. The van der Waals surface area contributed by atoms with Gasteiger partial charge < -0.3 is 14.2 Å². The first-order chi connectivity index (χ1) is 14.7. The van der Waals surface area contributed by atoms with Gasteiger partial charge >= 0.3 is 6.09 Å². The van der Waals surface area contributed by atoms with Crippen LogP contribution in [0.2, 0.25) is 0 Å². The molecule has 0 N–H and O–H groups in total. The van der Waals surface area contributed by atoms with Gasteiger partial charge in [0.05, 0.1) is 18.9 Å². The van der Waals surface area contributed by atoms with Gasteiger partial charge in [0.25, 0.3) is 0 Å². The smallest absolute Gasteiger partial charge is 0.424 e. The molecule has 0 radical (unpaired) electrons. The number of nitrogens with zero attached hydrogens (tertiary/aromatic N) is 2. The van der Waals surface area contributed by atoms with E-state index in [1.54, 1.807) is 18.3 Å². The molecule has 0 fully saturated rings. The van der Waals surface area contributed by atoms with Crippen LogP contribution in [0, 0.1) is 0 Å². The number of carbonyl (C=O) groups is 1. The SMILES string of the molecule is CCCCOc1cc(OCCCC)cc(-c2cn(C(=O)Oc3ccccc3)cn2)c1. The topological polar surface area (TPSA) is 62.6 Å². The summed E-state index contributed by atoms with van der Waals surface area (Å²) in [6, 6.07) is 14.7. The maximum atomic E-state index is 12.4. The second-order valence-electron chi connectivity index (χ2n) is 6.94. The van der Waals surface area contributed by atoms with E-state index in [-0.39, 0.29) is 0 Å². The molecule has 0 amide bonds. The minimum atomic E-state index is -0.519. The molecule has 0 atom stereocenters. The lowest BCUT2D eigenvalue weighted by atomic mass is 10.1. The van der Waals surface area contributed by atoms with Crippen molar-refractivity contribution in [2.24, 2.45) is 0 Å². The molecule has 2 aromatic carbocycles. The summed E-state index contributed by atoms with van der Waals surface area (Å²) >= 11 is 0. The number of imidazole rings is 1. The highest BCUT2D eigenvalue weighted by molar-refractivity contribution is 5.75. The predicted octanol–water partition coefficient (Wildman–Crippen LogP) is 5.96. The Kier molecular flexibility index (Phi) is 7.89. The Morgan fingerprint density at radius 1 is 0.900 bits per heavy atom. The Hall–Kier alpha value is -3.28. The minimum absolute atomic E-state index is 0.482. The molecule has 0 aliphatic carbocycles. The molecule has 0 unspecified atom stereocenters. The van der Waals surface area contributed by atoms with Crippen LogP contribution in [0.25, 0.3) is 11.3 Å². The number of hydrogen-bond donors (Lipinski definition) is 0. The summed E-state index contributed by atoms with van der Waals surface area (Å²) in [6.07, 6.45) is 6.66. The van der Waals surface area contributed by atoms with Gasteiger partial charge in [0.2, 0.25) is 0 Å². The largest absolute Gasteiger partial charge is 0.493 e. The zero-order chi connectivity index (χ0) is 21.2. The molecule has 3 aromatic rings. The maximum absolute atomic E-state index is 12.4. The molecule has 3 rings (SSSR count). The number of ether oxygens (including phenoxy) is 3. The maximum Gasteiger partial charge on any atom is 0.424 e. The molecule has 0 aliphatic heterocycles. The molecule has 0 saturated carbocycles. The van der Waals surface area contributed by atoms with Crippen LogP contribution in [0.5, 0.6) is 17.2 Å². The molecule has 6 nitrogen and oxygen atoms in total. The molecule has 0 bridgehead atoms. The fourth-order valence-corrected chi connectivity index (χ4v) is 2.77. The lowest BCUT2D eigenvalue weighted by molar-refractivity contribution is 0.202. The van der Waals surface area contributed by atoms with Crippen molar-refractivity contribution in [1.82, 2.24) is 9.55 Å². The van der Waals surface area contributed by atoms with E-state index in [4.69, 9.17) is 14.2 Å². The van der Waals surface area contributed by atoms with Gasteiger partial charge in [-0.3, -0.25) is 0 Å². The van der Waals surface area contributed by atoms with Gasteiger partial charge in [0.1, 0.15) is 23.6 Å². The Labute approximate surface area is 177 Å². The fraction of sp³-hybridized carbons (Fsp3) is 0.333. The third-order valence-electron chi connectivity index (χ3n) is 4.45. The molecule has 0 aliphatic rings. The van der Waals surface area contributed by atoms with E-state index < -0.39 is 6.09 Å². The summed E-state index contributed by atoms with van der Waals surface area (Å²) in [5, 5.41) is 0. The molecule has 158 valence electrons.